The molecule has 0 fully saturated rings. The first-order valence-electron chi connectivity index (χ1n) is 11.0. The number of hydrogen-bond acceptors (Lipinski definition) is 5. The minimum atomic E-state index is -2.67. The topological polar surface area (TPSA) is 69.9 Å². The van der Waals surface area contributed by atoms with E-state index < -0.39 is 14.5 Å². The van der Waals surface area contributed by atoms with Crippen LogP contribution < -0.4 is 0 Å². The average Bonchev–Trinajstić information content (AvgIpc) is 3.18. The Bertz CT molecular complexity index is 1320. The predicted molar refractivity (Wildman–Crippen MR) is 131 cm³/mol. The van der Waals surface area contributed by atoms with Gasteiger partial charge in [0, 0.05) is 31.8 Å². The monoisotopic (exact) mass is 480 g/mol. The summed E-state index contributed by atoms with van der Waals surface area (Å²) in [4.78, 5) is 20.2. The zero-order chi connectivity index (χ0) is 24.3. The van der Waals surface area contributed by atoms with Crippen LogP contribution in [0.2, 0.25) is 25.7 Å². The Labute approximate surface area is 197 Å². The summed E-state index contributed by atoms with van der Waals surface area (Å²) in [6, 6.07) is 14.8. The second-order valence-corrected chi connectivity index (χ2v) is 14.9. The van der Waals surface area contributed by atoms with Crippen LogP contribution in [0.4, 0.5) is 8.78 Å². The van der Waals surface area contributed by atoms with E-state index in [1.807, 2.05) is 24.3 Å². The minimum absolute atomic E-state index is 0.261. The molecule has 4 aromatic rings. The zero-order valence-corrected chi connectivity index (χ0v) is 20.3. The van der Waals surface area contributed by atoms with Crippen LogP contribution in [0.15, 0.2) is 54.7 Å². The molecule has 0 saturated heterocycles. The van der Waals surface area contributed by atoms with E-state index in [-0.39, 0.29) is 12.4 Å². The first-order valence-corrected chi connectivity index (χ1v) is 14.7. The van der Waals surface area contributed by atoms with Crippen molar-refractivity contribution in [2.75, 3.05) is 6.61 Å². The number of carbonyl (C=O) groups excluding carboxylic acids is 1. The molecular formula is C25H26F2N4O2Si. The van der Waals surface area contributed by atoms with E-state index in [0.717, 1.165) is 29.0 Å². The van der Waals surface area contributed by atoms with Gasteiger partial charge in [0.2, 0.25) is 0 Å². The Balaban J connectivity index is 1.69. The van der Waals surface area contributed by atoms with E-state index in [9.17, 15) is 13.6 Å². The lowest BCUT2D eigenvalue weighted by Crippen LogP contribution is -2.22. The number of aromatic nitrogens is 4. The van der Waals surface area contributed by atoms with Crippen LogP contribution in [0.3, 0.4) is 0 Å². The van der Waals surface area contributed by atoms with Crippen LogP contribution in [0, 0.1) is 0 Å². The molecule has 1 aromatic carbocycles. The number of carbonyl (C=O) groups is 1. The Morgan fingerprint density at radius 1 is 1.12 bits per heavy atom. The van der Waals surface area contributed by atoms with E-state index in [1.54, 1.807) is 29.1 Å². The largest absolute Gasteiger partial charge is 0.360 e. The van der Waals surface area contributed by atoms with Crippen molar-refractivity contribution < 1.29 is 18.3 Å². The highest BCUT2D eigenvalue weighted by Crippen LogP contribution is 2.33. The Morgan fingerprint density at radius 2 is 1.94 bits per heavy atom. The standard InChI is InChI=1S/C25H26F2N4O2Si/c1-34(2,3)13-12-33-16-31-23-10-9-17(14-19(23)22(15-32)30-31)18-6-5-11-28-24(18)20-7-4-8-21(29-20)25(26)27/h4-11,14-15,25H,12-13,16H2,1-3H3. The molecule has 6 nitrogen and oxygen atoms in total. The Morgan fingerprint density at radius 3 is 2.68 bits per heavy atom. The first-order chi connectivity index (χ1) is 16.3. The fraction of sp³-hybridized carbons (Fsp3) is 0.280. The van der Waals surface area contributed by atoms with Gasteiger partial charge < -0.3 is 4.74 Å². The number of benzene rings is 1. The van der Waals surface area contributed by atoms with Gasteiger partial charge in [0.15, 0.2) is 6.29 Å². The molecule has 0 aliphatic rings. The van der Waals surface area contributed by atoms with E-state index in [2.05, 4.69) is 34.7 Å². The predicted octanol–water partition coefficient (Wildman–Crippen LogP) is 6.22. The van der Waals surface area contributed by atoms with Crippen molar-refractivity contribution in [1.29, 1.82) is 0 Å². The molecule has 0 amide bonds. The fourth-order valence-electron chi connectivity index (χ4n) is 3.63. The van der Waals surface area contributed by atoms with E-state index in [0.29, 0.717) is 29.1 Å². The molecule has 0 saturated carbocycles. The Kier molecular flexibility index (Phi) is 6.94. The van der Waals surface area contributed by atoms with Crippen LogP contribution in [-0.2, 0) is 11.5 Å². The third-order valence-corrected chi connectivity index (χ3v) is 7.16. The van der Waals surface area contributed by atoms with Gasteiger partial charge in [-0.2, -0.15) is 5.10 Å². The summed E-state index contributed by atoms with van der Waals surface area (Å²) in [7, 11) is -1.20. The van der Waals surface area contributed by atoms with Gasteiger partial charge in [0.25, 0.3) is 6.43 Å². The number of pyridine rings is 2. The molecule has 0 spiro atoms. The molecule has 0 N–H and O–H groups in total. The number of aldehydes is 1. The molecule has 34 heavy (non-hydrogen) atoms. The second kappa shape index (κ2) is 9.90. The van der Waals surface area contributed by atoms with Gasteiger partial charge in [0.05, 0.1) is 16.9 Å². The zero-order valence-electron chi connectivity index (χ0n) is 19.3. The van der Waals surface area contributed by atoms with Crippen molar-refractivity contribution in [3.63, 3.8) is 0 Å². The molecule has 3 aromatic heterocycles. The molecule has 0 atom stereocenters. The van der Waals surface area contributed by atoms with Gasteiger partial charge in [-0.25, -0.2) is 18.4 Å². The fourth-order valence-corrected chi connectivity index (χ4v) is 4.39. The summed E-state index contributed by atoms with van der Waals surface area (Å²) >= 11 is 0. The Hall–Kier alpha value is -3.30. The normalized spacial score (nSPS) is 11.9. The maximum absolute atomic E-state index is 13.2. The van der Waals surface area contributed by atoms with Crippen LogP contribution in [0.1, 0.15) is 22.6 Å². The molecule has 0 radical (unpaired) electrons. The molecular weight excluding hydrogens is 454 g/mol. The molecule has 0 unspecified atom stereocenters. The number of ether oxygens (including phenoxy) is 1. The first kappa shape index (κ1) is 23.8. The lowest BCUT2D eigenvalue weighted by molar-refractivity contribution is 0.0812. The molecule has 0 aliphatic carbocycles. The number of halogens is 2. The highest BCUT2D eigenvalue weighted by atomic mass is 28.3. The van der Waals surface area contributed by atoms with Crippen LogP contribution in [0.25, 0.3) is 33.4 Å². The third-order valence-electron chi connectivity index (χ3n) is 5.46. The summed E-state index contributed by atoms with van der Waals surface area (Å²) in [5.41, 5.74) is 3.13. The number of fused-ring (bicyclic) bond motifs is 1. The smallest absolute Gasteiger partial charge is 0.280 e. The van der Waals surface area contributed by atoms with Gasteiger partial charge in [-0.15, -0.1) is 0 Å². The van der Waals surface area contributed by atoms with E-state index in [1.165, 1.54) is 6.07 Å². The molecule has 9 heteroatoms. The third kappa shape index (κ3) is 5.26. The van der Waals surface area contributed by atoms with Crippen molar-refractivity contribution in [3.8, 4) is 22.5 Å². The summed E-state index contributed by atoms with van der Waals surface area (Å²) in [5, 5.41) is 5.10. The van der Waals surface area contributed by atoms with E-state index >= 15 is 0 Å². The van der Waals surface area contributed by atoms with Crippen molar-refractivity contribution in [2.24, 2.45) is 0 Å². The maximum Gasteiger partial charge on any atom is 0.280 e. The van der Waals surface area contributed by atoms with Gasteiger partial charge in [-0.3, -0.25) is 9.78 Å². The number of hydrogen-bond donors (Lipinski definition) is 0. The maximum atomic E-state index is 13.2. The van der Waals surface area contributed by atoms with Crippen molar-refractivity contribution in [3.05, 3.63) is 66.1 Å². The summed E-state index contributed by atoms with van der Waals surface area (Å²) in [6.45, 7) is 7.78. The number of rotatable bonds is 9. The minimum Gasteiger partial charge on any atom is -0.360 e. The molecule has 0 aliphatic heterocycles. The highest BCUT2D eigenvalue weighted by Gasteiger charge is 2.17. The lowest BCUT2D eigenvalue weighted by atomic mass is 10.00. The molecule has 176 valence electrons. The molecule has 3 heterocycles. The number of alkyl halides is 2. The molecule has 4 rings (SSSR count). The van der Waals surface area contributed by atoms with Crippen molar-refractivity contribution in [1.82, 2.24) is 19.7 Å². The van der Waals surface area contributed by atoms with Gasteiger partial charge in [-0.05, 0) is 41.9 Å². The summed E-state index contributed by atoms with van der Waals surface area (Å²) in [5.74, 6) is 0. The van der Waals surface area contributed by atoms with Crippen molar-refractivity contribution in [2.45, 2.75) is 38.8 Å². The van der Waals surface area contributed by atoms with Crippen LogP contribution >= 0.6 is 0 Å². The quantitative estimate of drug-likeness (QED) is 0.162. The summed E-state index contributed by atoms with van der Waals surface area (Å²) < 4.78 is 33.9. The second-order valence-electron chi connectivity index (χ2n) is 9.23. The van der Waals surface area contributed by atoms with Crippen LogP contribution in [0.5, 0.6) is 0 Å². The van der Waals surface area contributed by atoms with Gasteiger partial charge in [-0.1, -0.05) is 37.8 Å². The highest BCUT2D eigenvalue weighted by molar-refractivity contribution is 6.76. The average molecular weight is 481 g/mol. The SMILES string of the molecule is C[Si](C)(C)CCOCn1nc(C=O)c2cc(-c3cccnc3-c3cccc(C(F)F)n3)ccc21. The molecule has 0 bridgehead atoms. The van der Waals surface area contributed by atoms with Crippen LogP contribution in [-0.4, -0.2) is 40.7 Å². The number of nitrogens with zero attached hydrogens (tertiary/aromatic N) is 4. The van der Waals surface area contributed by atoms with Gasteiger partial charge >= 0.3 is 0 Å². The van der Waals surface area contributed by atoms with Gasteiger partial charge in [0.1, 0.15) is 18.1 Å². The van der Waals surface area contributed by atoms with E-state index in [4.69, 9.17) is 4.74 Å². The lowest BCUT2D eigenvalue weighted by Gasteiger charge is -2.15. The van der Waals surface area contributed by atoms with Crippen molar-refractivity contribution >= 4 is 25.3 Å². The summed E-state index contributed by atoms with van der Waals surface area (Å²) in [6.07, 6.45) is -0.346.